The second-order valence-corrected chi connectivity index (χ2v) is 6.46. The van der Waals surface area contributed by atoms with E-state index in [4.69, 9.17) is 16.3 Å². The van der Waals surface area contributed by atoms with Crippen LogP contribution in [-0.2, 0) is 6.61 Å². The molecule has 0 bridgehead atoms. The summed E-state index contributed by atoms with van der Waals surface area (Å²) in [5, 5.41) is 20.9. The van der Waals surface area contributed by atoms with E-state index in [2.05, 4.69) is 6.07 Å². The molecule has 0 aliphatic heterocycles. The molecule has 0 aromatic heterocycles. The maximum Gasteiger partial charge on any atom is 0.119 e. The fourth-order valence-electron chi connectivity index (χ4n) is 2.62. The third-order valence-corrected chi connectivity index (χ3v) is 4.25. The minimum absolute atomic E-state index is 0.117. The van der Waals surface area contributed by atoms with Crippen molar-refractivity contribution in [2.45, 2.75) is 6.61 Å². The second-order valence-electron chi connectivity index (χ2n) is 6.03. The number of carbonyl (C=O) groups excluding carboxylic acids is 1. The summed E-state index contributed by atoms with van der Waals surface area (Å²) in [7, 11) is 0. The highest BCUT2D eigenvalue weighted by Crippen LogP contribution is 2.22. The molecule has 3 aromatic rings. The SMILES string of the molecule is N#C/C(=C\c1ccc(OCc2cccc(C(=O)[O-])c2)cc1)c1cccc(Cl)c1. The van der Waals surface area contributed by atoms with Gasteiger partial charge in [-0.3, -0.25) is 0 Å². The predicted molar refractivity (Wildman–Crippen MR) is 106 cm³/mol. The van der Waals surface area contributed by atoms with E-state index in [0.29, 0.717) is 16.3 Å². The van der Waals surface area contributed by atoms with Crippen LogP contribution in [0.4, 0.5) is 0 Å². The molecule has 0 spiro atoms. The van der Waals surface area contributed by atoms with Crippen LogP contribution in [0.1, 0.15) is 27.0 Å². The molecule has 0 unspecified atom stereocenters. The molecule has 0 atom stereocenters. The van der Waals surface area contributed by atoms with Crippen molar-refractivity contribution in [3.63, 3.8) is 0 Å². The van der Waals surface area contributed by atoms with Crippen molar-refractivity contribution in [3.05, 3.63) is 100 Å². The third kappa shape index (κ3) is 5.00. The Kier molecular flexibility index (Phi) is 6.11. The highest BCUT2D eigenvalue weighted by atomic mass is 35.5. The van der Waals surface area contributed by atoms with Crippen LogP contribution in [0.5, 0.6) is 5.75 Å². The van der Waals surface area contributed by atoms with Gasteiger partial charge in [0, 0.05) is 5.02 Å². The van der Waals surface area contributed by atoms with Crippen LogP contribution in [0.15, 0.2) is 72.8 Å². The Hall–Kier alpha value is -3.55. The number of nitrogens with zero attached hydrogens (tertiary/aromatic N) is 1. The number of hydrogen-bond acceptors (Lipinski definition) is 4. The average molecular weight is 389 g/mol. The van der Waals surface area contributed by atoms with Gasteiger partial charge in [-0.1, -0.05) is 54.1 Å². The number of benzene rings is 3. The fourth-order valence-corrected chi connectivity index (χ4v) is 2.81. The lowest BCUT2D eigenvalue weighted by atomic mass is 10.0. The summed E-state index contributed by atoms with van der Waals surface area (Å²) in [5.74, 6) is -0.580. The first-order valence-electron chi connectivity index (χ1n) is 8.46. The molecule has 0 aliphatic rings. The van der Waals surface area contributed by atoms with Crippen LogP contribution >= 0.6 is 11.6 Å². The zero-order chi connectivity index (χ0) is 19.9. The number of ether oxygens (including phenoxy) is 1. The normalized spacial score (nSPS) is 10.9. The molecule has 3 aromatic carbocycles. The molecule has 0 aliphatic carbocycles. The Morgan fingerprint density at radius 3 is 2.43 bits per heavy atom. The number of allylic oxidation sites excluding steroid dienone is 1. The van der Waals surface area contributed by atoms with Crippen LogP contribution < -0.4 is 9.84 Å². The van der Waals surface area contributed by atoms with Crippen molar-refractivity contribution in [1.29, 1.82) is 5.26 Å². The van der Waals surface area contributed by atoms with Gasteiger partial charge in [0.15, 0.2) is 0 Å². The minimum Gasteiger partial charge on any atom is -0.545 e. The van der Waals surface area contributed by atoms with E-state index in [1.165, 1.54) is 12.1 Å². The number of carboxylic acid groups (broad SMARTS) is 1. The van der Waals surface area contributed by atoms with Gasteiger partial charge in [-0.05, 0) is 58.7 Å². The molecule has 0 saturated carbocycles. The van der Waals surface area contributed by atoms with Crippen molar-refractivity contribution in [2.75, 3.05) is 0 Å². The van der Waals surface area contributed by atoms with Gasteiger partial charge in [-0.2, -0.15) is 5.26 Å². The molecule has 0 N–H and O–H groups in total. The zero-order valence-electron chi connectivity index (χ0n) is 14.8. The lowest BCUT2D eigenvalue weighted by Gasteiger charge is -2.09. The second kappa shape index (κ2) is 8.90. The predicted octanol–water partition coefficient (Wildman–Crippen LogP) is 4.35. The summed E-state index contributed by atoms with van der Waals surface area (Å²) in [5.41, 5.74) is 2.96. The van der Waals surface area contributed by atoms with Crippen LogP contribution in [-0.4, -0.2) is 5.97 Å². The molecule has 4 nitrogen and oxygen atoms in total. The quantitative estimate of drug-likeness (QED) is 0.465. The van der Waals surface area contributed by atoms with Gasteiger partial charge < -0.3 is 14.6 Å². The first-order valence-corrected chi connectivity index (χ1v) is 8.84. The van der Waals surface area contributed by atoms with Crippen LogP contribution in [0.2, 0.25) is 5.02 Å². The minimum atomic E-state index is -1.22. The maximum absolute atomic E-state index is 10.9. The number of nitriles is 1. The van der Waals surface area contributed by atoms with Crippen LogP contribution in [0.3, 0.4) is 0 Å². The van der Waals surface area contributed by atoms with E-state index in [-0.39, 0.29) is 12.2 Å². The number of hydrogen-bond donors (Lipinski definition) is 0. The topological polar surface area (TPSA) is 73.1 Å². The Balaban J connectivity index is 1.70. The number of halogens is 1. The zero-order valence-corrected chi connectivity index (χ0v) is 15.5. The average Bonchev–Trinajstić information content (AvgIpc) is 2.71. The molecule has 0 saturated heterocycles. The third-order valence-electron chi connectivity index (χ3n) is 4.02. The van der Waals surface area contributed by atoms with Gasteiger partial charge in [0.25, 0.3) is 0 Å². The summed E-state index contributed by atoms with van der Waals surface area (Å²) < 4.78 is 5.70. The van der Waals surface area contributed by atoms with E-state index in [1.54, 1.807) is 48.5 Å². The molecular formula is C23H15ClNO3-. The van der Waals surface area contributed by atoms with Crippen LogP contribution in [0.25, 0.3) is 11.6 Å². The molecule has 0 amide bonds. The number of aromatic carboxylic acids is 1. The van der Waals surface area contributed by atoms with Crippen molar-refractivity contribution < 1.29 is 14.6 Å². The van der Waals surface area contributed by atoms with E-state index >= 15 is 0 Å². The van der Waals surface area contributed by atoms with Crippen molar-refractivity contribution in [2.24, 2.45) is 0 Å². The van der Waals surface area contributed by atoms with Gasteiger partial charge in [0.2, 0.25) is 0 Å². The number of carbonyl (C=O) groups is 1. The largest absolute Gasteiger partial charge is 0.545 e. The van der Waals surface area contributed by atoms with E-state index in [0.717, 1.165) is 16.7 Å². The summed E-state index contributed by atoms with van der Waals surface area (Å²) >= 11 is 5.99. The monoisotopic (exact) mass is 388 g/mol. The molecule has 0 heterocycles. The Morgan fingerprint density at radius 1 is 1.04 bits per heavy atom. The van der Waals surface area contributed by atoms with Crippen LogP contribution in [0, 0.1) is 11.3 Å². The lowest BCUT2D eigenvalue weighted by molar-refractivity contribution is -0.255. The molecule has 0 fully saturated rings. The molecular weight excluding hydrogens is 374 g/mol. The molecule has 28 heavy (non-hydrogen) atoms. The maximum atomic E-state index is 10.9. The molecule has 3 rings (SSSR count). The Morgan fingerprint density at radius 2 is 1.75 bits per heavy atom. The van der Waals surface area contributed by atoms with Gasteiger partial charge in [0.05, 0.1) is 17.6 Å². The Labute approximate surface area is 167 Å². The van der Waals surface area contributed by atoms with Gasteiger partial charge >= 0.3 is 0 Å². The summed E-state index contributed by atoms with van der Waals surface area (Å²) in [6, 6.07) is 23.0. The van der Waals surface area contributed by atoms with Gasteiger partial charge in [-0.25, -0.2) is 0 Å². The fraction of sp³-hybridized carbons (Fsp3) is 0.0435. The van der Waals surface area contributed by atoms with Gasteiger partial charge in [0.1, 0.15) is 12.4 Å². The smallest absolute Gasteiger partial charge is 0.119 e. The first-order chi connectivity index (χ1) is 13.5. The molecule has 5 heteroatoms. The molecule has 0 radical (unpaired) electrons. The number of carboxylic acids is 1. The Bertz CT molecular complexity index is 1070. The standard InChI is InChI=1S/C23H16ClNO3/c24-21-6-2-4-18(13-21)20(14-25)11-16-7-9-22(10-8-16)28-15-17-3-1-5-19(12-17)23(26)27/h1-13H,15H2,(H,26,27)/p-1/b20-11+. The van der Waals surface area contributed by atoms with Gasteiger partial charge in [-0.15, -0.1) is 0 Å². The van der Waals surface area contributed by atoms with Crippen molar-refractivity contribution in [1.82, 2.24) is 0 Å². The highest BCUT2D eigenvalue weighted by Gasteiger charge is 2.03. The van der Waals surface area contributed by atoms with E-state index < -0.39 is 5.97 Å². The summed E-state index contributed by atoms with van der Waals surface area (Å²) in [6.45, 7) is 0.238. The van der Waals surface area contributed by atoms with Crippen molar-refractivity contribution >= 4 is 29.2 Å². The van der Waals surface area contributed by atoms with E-state index in [9.17, 15) is 15.2 Å². The first kappa shape index (κ1) is 19.2. The lowest BCUT2D eigenvalue weighted by Crippen LogP contribution is -2.22. The summed E-state index contributed by atoms with van der Waals surface area (Å²) in [6.07, 6.45) is 1.78. The molecule has 138 valence electrons. The summed E-state index contributed by atoms with van der Waals surface area (Å²) in [4.78, 5) is 10.9. The highest BCUT2D eigenvalue weighted by molar-refractivity contribution is 6.30. The number of rotatable bonds is 6. The van der Waals surface area contributed by atoms with Crippen molar-refractivity contribution in [3.8, 4) is 11.8 Å². The van der Waals surface area contributed by atoms with E-state index in [1.807, 2.05) is 18.2 Å².